The van der Waals surface area contributed by atoms with Crippen LogP contribution in [0.2, 0.25) is 0 Å². The molecule has 0 spiro atoms. The lowest BCUT2D eigenvalue weighted by Gasteiger charge is -2.15. The zero-order valence-corrected chi connectivity index (χ0v) is 16.8. The number of aliphatic imine (C=N–C) groups is 1. The quantitative estimate of drug-likeness (QED) is 0.339. The van der Waals surface area contributed by atoms with Crippen LogP contribution in [0.15, 0.2) is 53.7 Å². The summed E-state index contributed by atoms with van der Waals surface area (Å²) in [6.45, 7) is 3.58. The average molecular weight is 456 g/mol. The van der Waals surface area contributed by atoms with E-state index in [0.29, 0.717) is 19.0 Å². The topological polar surface area (TPSA) is 78.8 Å². The molecule has 1 heterocycles. The molecule has 0 saturated carbocycles. The predicted octanol–water partition coefficient (Wildman–Crippen LogP) is 2.50. The van der Waals surface area contributed by atoms with Gasteiger partial charge in [0.05, 0.1) is 25.5 Å². The van der Waals surface area contributed by atoms with Gasteiger partial charge in [0, 0.05) is 19.3 Å². The van der Waals surface area contributed by atoms with E-state index in [-0.39, 0.29) is 24.0 Å². The Labute approximate surface area is 165 Å². The molecule has 3 N–H and O–H groups in total. The van der Waals surface area contributed by atoms with Crippen LogP contribution in [0.5, 0.6) is 5.75 Å². The number of hydrogen-bond donors (Lipinski definition) is 3. The molecule has 2 aromatic rings. The van der Waals surface area contributed by atoms with Crippen molar-refractivity contribution in [1.82, 2.24) is 15.6 Å². The summed E-state index contributed by atoms with van der Waals surface area (Å²) in [4.78, 5) is 8.72. The van der Waals surface area contributed by atoms with E-state index in [4.69, 9.17) is 4.74 Å². The highest BCUT2D eigenvalue weighted by atomic mass is 127. The number of rotatable bonds is 7. The van der Waals surface area contributed by atoms with Gasteiger partial charge in [-0.2, -0.15) is 0 Å². The van der Waals surface area contributed by atoms with E-state index < -0.39 is 6.10 Å². The van der Waals surface area contributed by atoms with Crippen molar-refractivity contribution >= 4 is 29.9 Å². The molecule has 1 aromatic carbocycles. The molecule has 0 fully saturated rings. The van der Waals surface area contributed by atoms with Gasteiger partial charge >= 0.3 is 0 Å². The predicted molar refractivity (Wildman–Crippen MR) is 110 cm³/mol. The fourth-order valence-electron chi connectivity index (χ4n) is 2.13. The van der Waals surface area contributed by atoms with Crippen molar-refractivity contribution in [3.05, 3.63) is 59.9 Å². The molecule has 0 aliphatic heterocycles. The second-order valence-electron chi connectivity index (χ2n) is 5.19. The number of hydrogen-bond acceptors (Lipinski definition) is 4. The number of methoxy groups -OCH3 is 1. The van der Waals surface area contributed by atoms with Crippen molar-refractivity contribution in [2.24, 2.45) is 4.99 Å². The van der Waals surface area contributed by atoms with Gasteiger partial charge in [-0.05, 0) is 36.8 Å². The Morgan fingerprint density at radius 1 is 1.20 bits per heavy atom. The lowest BCUT2D eigenvalue weighted by molar-refractivity contribution is 0.180. The molecular weight excluding hydrogens is 431 g/mol. The Morgan fingerprint density at radius 2 is 1.96 bits per heavy atom. The Balaban J connectivity index is 0.00000312. The van der Waals surface area contributed by atoms with E-state index in [1.54, 1.807) is 13.3 Å². The second kappa shape index (κ2) is 11.6. The lowest BCUT2D eigenvalue weighted by atomic mass is 10.1. The van der Waals surface area contributed by atoms with Crippen molar-refractivity contribution in [1.29, 1.82) is 0 Å². The molecule has 0 bridgehead atoms. The normalized spacial score (nSPS) is 12.0. The molecule has 2 rings (SSSR count). The summed E-state index contributed by atoms with van der Waals surface area (Å²) in [7, 11) is 1.62. The molecule has 0 radical (unpaired) electrons. The minimum absolute atomic E-state index is 0. The smallest absolute Gasteiger partial charge is 0.191 e. The number of nitrogens with zero attached hydrogens (tertiary/aromatic N) is 2. The van der Waals surface area contributed by atoms with Crippen LogP contribution in [0.3, 0.4) is 0 Å². The first-order valence-corrected chi connectivity index (χ1v) is 7.97. The number of benzene rings is 1. The molecule has 1 unspecified atom stereocenters. The van der Waals surface area contributed by atoms with Gasteiger partial charge in [0.2, 0.25) is 0 Å². The monoisotopic (exact) mass is 456 g/mol. The summed E-state index contributed by atoms with van der Waals surface area (Å²) in [5, 5.41) is 16.6. The largest absolute Gasteiger partial charge is 0.497 e. The minimum atomic E-state index is -0.630. The minimum Gasteiger partial charge on any atom is -0.497 e. The summed E-state index contributed by atoms with van der Waals surface area (Å²) < 4.78 is 5.12. The Hall–Kier alpha value is -1.87. The van der Waals surface area contributed by atoms with Crippen LogP contribution in [-0.4, -0.2) is 36.2 Å². The second-order valence-corrected chi connectivity index (χ2v) is 5.19. The highest BCUT2D eigenvalue weighted by Crippen LogP contribution is 2.16. The van der Waals surface area contributed by atoms with Crippen LogP contribution in [0, 0.1) is 0 Å². The first-order chi connectivity index (χ1) is 11.7. The van der Waals surface area contributed by atoms with E-state index >= 15 is 0 Å². The van der Waals surface area contributed by atoms with Gasteiger partial charge < -0.3 is 20.5 Å². The number of nitrogens with one attached hydrogen (secondary N) is 2. The van der Waals surface area contributed by atoms with Crippen molar-refractivity contribution in [2.75, 3.05) is 20.2 Å². The zero-order valence-electron chi connectivity index (χ0n) is 14.5. The summed E-state index contributed by atoms with van der Waals surface area (Å²) >= 11 is 0. The first-order valence-electron chi connectivity index (χ1n) is 7.97. The first kappa shape index (κ1) is 21.2. The van der Waals surface area contributed by atoms with Gasteiger partial charge in [-0.25, -0.2) is 4.99 Å². The van der Waals surface area contributed by atoms with Crippen LogP contribution in [0.1, 0.15) is 24.3 Å². The van der Waals surface area contributed by atoms with Gasteiger partial charge in [0.25, 0.3) is 0 Å². The van der Waals surface area contributed by atoms with Crippen LogP contribution >= 0.6 is 24.0 Å². The maximum atomic E-state index is 10.3. The van der Waals surface area contributed by atoms with Crippen LogP contribution in [-0.2, 0) is 6.54 Å². The van der Waals surface area contributed by atoms with Crippen molar-refractivity contribution in [3.63, 3.8) is 0 Å². The number of aromatic nitrogens is 1. The fraction of sp³-hybridized carbons (Fsp3) is 0.333. The SMILES string of the molecule is CCNC(=NCc1ccccn1)NCC(O)c1ccc(OC)cc1.I. The molecule has 0 aliphatic carbocycles. The number of aliphatic hydroxyl groups excluding tert-OH is 1. The third kappa shape index (κ3) is 7.27. The lowest BCUT2D eigenvalue weighted by Crippen LogP contribution is -2.39. The van der Waals surface area contributed by atoms with Gasteiger partial charge in [0.15, 0.2) is 5.96 Å². The molecule has 1 aromatic heterocycles. The number of aliphatic hydroxyl groups is 1. The van der Waals surface area contributed by atoms with Crippen LogP contribution in [0.25, 0.3) is 0 Å². The third-order valence-electron chi connectivity index (χ3n) is 3.43. The average Bonchev–Trinajstić information content (AvgIpc) is 2.64. The van der Waals surface area contributed by atoms with E-state index in [1.165, 1.54) is 0 Å². The van der Waals surface area contributed by atoms with Gasteiger partial charge in [-0.1, -0.05) is 18.2 Å². The molecule has 0 saturated heterocycles. The van der Waals surface area contributed by atoms with Gasteiger partial charge in [-0.3, -0.25) is 4.98 Å². The number of pyridine rings is 1. The summed E-state index contributed by atoms with van der Waals surface area (Å²) in [5.74, 6) is 1.42. The molecule has 7 heteroatoms. The van der Waals surface area contributed by atoms with E-state index in [9.17, 15) is 5.11 Å². The number of guanidine groups is 1. The highest BCUT2D eigenvalue weighted by Gasteiger charge is 2.08. The summed E-state index contributed by atoms with van der Waals surface area (Å²) in [6, 6.07) is 13.1. The van der Waals surface area contributed by atoms with Crippen molar-refractivity contribution < 1.29 is 9.84 Å². The van der Waals surface area contributed by atoms with Crippen molar-refractivity contribution in [3.8, 4) is 5.75 Å². The number of ether oxygens (including phenoxy) is 1. The third-order valence-corrected chi connectivity index (χ3v) is 3.43. The van der Waals surface area contributed by atoms with Crippen LogP contribution in [0.4, 0.5) is 0 Å². The molecule has 25 heavy (non-hydrogen) atoms. The Bertz CT molecular complexity index is 635. The zero-order chi connectivity index (χ0) is 17.2. The molecule has 136 valence electrons. The van der Waals surface area contributed by atoms with Gasteiger partial charge in [-0.15, -0.1) is 24.0 Å². The molecule has 0 amide bonds. The fourth-order valence-corrected chi connectivity index (χ4v) is 2.13. The molecule has 6 nitrogen and oxygen atoms in total. The number of halogens is 1. The molecular formula is C18H25IN4O2. The molecule has 1 atom stereocenters. The van der Waals surface area contributed by atoms with Crippen molar-refractivity contribution in [2.45, 2.75) is 19.6 Å². The Kier molecular flexibility index (Phi) is 9.86. The maximum Gasteiger partial charge on any atom is 0.191 e. The standard InChI is InChI=1S/C18H24N4O2.HI/c1-3-19-18(21-12-15-6-4-5-11-20-15)22-13-17(23)14-7-9-16(24-2)10-8-14;/h4-11,17,23H,3,12-13H2,1-2H3,(H2,19,21,22);1H. The Morgan fingerprint density at radius 3 is 2.56 bits per heavy atom. The summed E-state index contributed by atoms with van der Waals surface area (Å²) in [5.41, 5.74) is 1.72. The van der Waals surface area contributed by atoms with Gasteiger partial charge in [0.1, 0.15) is 5.75 Å². The highest BCUT2D eigenvalue weighted by molar-refractivity contribution is 14.0. The summed E-state index contributed by atoms with van der Waals surface area (Å²) in [6.07, 6.45) is 1.12. The van der Waals surface area contributed by atoms with E-state index in [0.717, 1.165) is 23.6 Å². The van der Waals surface area contributed by atoms with E-state index in [2.05, 4.69) is 20.6 Å². The van der Waals surface area contributed by atoms with Crippen LogP contribution < -0.4 is 15.4 Å². The van der Waals surface area contributed by atoms with E-state index in [1.807, 2.05) is 49.4 Å². The molecule has 0 aliphatic rings. The maximum absolute atomic E-state index is 10.3.